The molecule has 3 N–H and O–H groups in total. The quantitative estimate of drug-likeness (QED) is 0.835. The van der Waals surface area contributed by atoms with Crippen molar-refractivity contribution >= 4 is 38.9 Å². The predicted molar refractivity (Wildman–Crippen MR) is 103 cm³/mol. The number of nitrogens with zero attached hydrogens (tertiary/aromatic N) is 4. The van der Waals surface area contributed by atoms with E-state index < -0.39 is 0 Å². The lowest BCUT2D eigenvalue weighted by molar-refractivity contribution is 0.252. The molecule has 2 aromatic rings. The lowest BCUT2D eigenvalue weighted by atomic mass is 10.0. The molecule has 1 aliphatic rings. The van der Waals surface area contributed by atoms with Gasteiger partial charge < -0.3 is 20.9 Å². The average Bonchev–Trinajstić information content (AvgIpc) is 2.59. The van der Waals surface area contributed by atoms with Crippen molar-refractivity contribution in [3.63, 3.8) is 0 Å². The number of nitrogens with one attached hydrogen (secondary N) is 1. The molecule has 1 aromatic carbocycles. The van der Waals surface area contributed by atoms with E-state index in [0.717, 1.165) is 41.9 Å². The molecular formula is C17H23BrN6. The first kappa shape index (κ1) is 17.0. The van der Waals surface area contributed by atoms with Gasteiger partial charge >= 0.3 is 0 Å². The van der Waals surface area contributed by atoms with Crippen molar-refractivity contribution in [2.45, 2.75) is 18.9 Å². The maximum atomic E-state index is 6.36. The van der Waals surface area contributed by atoms with Gasteiger partial charge in [-0.15, -0.1) is 0 Å². The molecule has 0 unspecified atom stereocenters. The van der Waals surface area contributed by atoms with E-state index in [1.54, 1.807) is 6.33 Å². The van der Waals surface area contributed by atoms with Gasteiger partial charge in [0.2, 0.25) is 0 Å². The molecule has 0 saturated carbocycles. The van der Waals surface area contributed by atoms with E-state index in [-0.39, 0.29) is 0 Å². The van der Waals surface area contributed by atoms with Gasteiger partial charge in [-0.05, 0) is 61.0 Å². The maximum Gasteiger partial charge on any atom is 0.159 e. The number of halogens is 1. The molecule has 2 heterocycles. The van der Waals surface area contributed by atoms with E-state index >= 15 is 0 Å². The molecule has 128 valence electrons. The summed E-state index contributed by atoms with van der Waals surface area (Å²) < 4.78 is 0.966. The van der Waals surface area contributed by atoms with Gasteiger partial charge in [0, 0.05) is 17.6 Å². The summed E-state index contributed by atoms with van der Waals surface area (Å²) in [5.41, 5.74) is 7.87. The molecule has 6 nitrogen and oxygen atoms in total. The van der Waals surface area contributed by atoms with Crippen LogP contribution >= 0.6 is 15.9 Å². The highest BCUT2D eigenvalue weighted by molar-refractivity contribution is 9.10. The Morgan fingerprint density at radius 3 is 2.67 bits per heavy atom. The normalized spacial score (nSPS) is 16.1. The Morgan fingerprint density at radius 1 is 1.25 bits per heavy atom. The molecule has 0 aliphatic carbocycles. The molecule has 24 heavy (non-hydrogen) atoms. The third-order valence-electron chi connectivity index (χ3n) is 4.56. The highest BCUT2D eigenvalue weighted by Gasteiger charge is 2.23. The lowest BCUT2D eigenvalue weighted by Gasteiger charge is -2.36. The Balaban J connectivity index is 1.81. The third-order valence-corrected chi connectivity index (χ3v) is 5.25. The van der Waals surface area contributed by atoms with Crippen LogP contribution in [-0.4, -0.2) is 48.1 Å². The van der Waals surface area contributed by atoms with Crippen molar-refractivity contribution in [2.24, 2.45) is 0 Å². The predicted octanol–water partition coefficient (Wildman–Crippen LogP) is 3.10. The fraction of sp³-hybridized carbons (Fsp3) is 0.412. The number of likely N-dealkylation sites (tertiary alicyclic amines) is 1. The van der Waals surface area contributed by atoms with Crippen LogP contribution in [0.2, 0.25) is 0 Å². The minimum atomic E-state index is 0.453. The molecule has 0 amide bonds. The number of benzene rings is 1. The molecular weight excluding hydrogens is 368 g/mol. The van der Waals surface area contributed by atoms with Gasteiger partial charge in [0.25, 0.3) is 0 Å². The van der Waals surface area contributed by atoms with Crippen LogP contribution in [0.3, 0.4) is 0 Å². The van der Waals surface area contributed by atoms with E-state index in [2.05, 4.69) is 55.1 Å². The van der Waals surface area contributed by atoms with E-state index in [9.17, 15) is 0 Å². The van der Waals surface area contributed by atoms with Gasteiger partial charge in [0.15, 0.2) is 11.6 Å². The van der Waals surface area contributed by atoms with Gasteiger partial charge in [-0.1, -0.05) is 12.1 Å². The average molecular weight is 391 g/mol. The molecule has 0 spiro atoms. The number of para-hydroxylation sites is 1. The number of hydrogen-bond acceptors (Lipinski definition) is 6. The highest BCUT2D eigenvalue weighted by atomic mass is 79.9. The number of piperidine rings is 1. The summed E-state index contributed by atoms with van der Waals surface area (Å²) in [5.74, 6) is 1.42. The van der Waals surface area contributed by atoms with Gasteiger partial charge in [0.1, 0.15) is 12.0 Å². The zero-order valence-corrected chi connectivity index (χ0v) is 15.6. The molecule has 3 rings (SSSR count). The van der Waals surface area contributed by atoms with Crippen LogP contribution in [0.5, 0.6) is 0 Å². The van der Waals surface area contributed by atoms with Crippen LogP contribution < -0.4 is 16.0 Å². The zero-order chi connectivity index (χ0) is 17.1. The number of anilines is 4. The van der Waals surface area contributed by atoms with Crippen molar-refractivity contribution in [3.8, 4) is 0 Å². The van der Waals surface area contributed by atoms with E-state index in [1.807, 2.05) is 24.3 Å². The summed E-state index contributed by atoms with van der Waals surface area (Å²) >= 11 is 3.53. The minimum Gasteiger partial charge on any atom is -0.393 e. The van der Waals surface area contributed by atoms with E-state index in [4.69, 9.17) is 5.73 Å². The molecule has 1 saturated heterocycles. The van der Waals surface area contributed by atoms with Gasteiger partial charge in [-0.2, -0.15) is 0 Å². The standard InChI is InChI=1S/C17H23BrN6/c1-23-9-7-12(8-10-23)24(2)17-15(19)16(20-11-21-17)22-14-6-4-3-5-13(14)18/h3-6,11-12H,7-10,19H2,1-2H3,(H,20,21,22). The molecule has 1 fully saturated rings. The molecule has 1 aromatic heterocycles. The van der Waals surface area contributed by atoms with E-state index in [1.165, 1.54) is 0 Å². The van der Waals surface area contributed by atoms with Crippen LogP contribution in [0.25, 0.3) is 0 Å². The largest absolute Gasteiger partial charge is 0.393 e. The van der Waals surface area contributed by atoms with Crippen molar-refractivity contribution in [2.75, 3.05) is 43.1 Å². The monoisotopic (exact) mass is 390 g/mol. The summed E-state index contributed by atoms with van der Waals surface area (Å²) in [5, 5.41) is 3.29. The topological polar surface area (TPSA) is 70.3 Å². The Bertz CT molecular complexity index is 699. The van der Waals surface area contributed by atoms with E-state index in [0.29, 0.717) is 17.5 Å². The van der Waals surface area contributed by atoms with Crippen LogP contribution in [0.4, 0.5) is 23.0 Å². The lowest BCUT2D eigenvalue weighted by Crippen LogP contribution is -2.42. The fourth-order valence-electron chi connectivity index (χ4n) is 3.01. The SMILES string of the molecule is CN1CCC(N(C)c2ncnc(Nc3ccccc3Br)c2N)CC1. The highest BCUT2D eigenvalue weighted by Crippen LogP contribution is 2.32. The molecule has 7 heteroatoms. The number of nitrogens with two attached hydrogens (primary N) is 1. The van der Waals surface area contributed by atoms with Crippen LogP contribution in [-0.2, 0) is 0 Å². The second-order valence-corrected chi connectivity index (χ2v) is 7.06. The third kappa shape index (κ3) is 3.62. The van der Waals surface area contributed by atoms with Crippen LogP contribution in [0.1, 0.15) is 12.8 Å². The molecule has 0 radical (unpaired) electrons. The second kappa shape index (κ2) is 7.36. The smallest absolute Gasteiger partial charge is 0.159 e. The first-order valence-electron chi connectivity index (χ1n) is 8.09. The number of rotatable bonds is 4. The Morgan fingerprint density at radius 2 is 1.96 bits per heavy atom. The zero-order valence-electron chi connectivity index (χ0n) is 14.0. The maximum absolute atomic E-state index is 6.36. The summed E-state index contributed by atoms with van der Waals surface area (Å²) in [6, 6.07) is 8.35. The Hall–Kier alpha value is -1.86. The molecule has 0 bridgehead atoms. The summed E-state index contributed by atoms with van der Waals surface area (Å²) in [6.07, 6.45) is 3.79. The van der Waals surface area contributed by atoms with Crippen molar-refractivity contribution in [3.05, 3.63) is 35.1 Å². The van der Waals surface area contributed by atoms with Crippen LogP contribution in [0.15, 0.2) is 35.1 Å². The van der Waals surface area contributed by atoms with Gasteiger partial charge in [-0.3, -0.25) is 0 Å². The summed E-state index contributed by atoms with van der Waals surface area (Å²) in [7, 11) is 4.23. The number of hydrogen-bond donors (Lipinski definition) is 2. The summed E-state index contributed by atoms with van der Waals surface area (Å²) in [6.45, 7) is 2.20. The van der Waals surface area contributed by atoms with Gasteiger partial charge in [-0.25, -0.2) is 9.97 Å². The first-order chi connectivity index (χ1) is 11.6. The fourth-order valence-corrected chi connectivity index (χ4v) is 3.40. The second-order valence-electron chi connectivity index (χ2n) is 6.21. The Kier molecular flexibility index (Phi) is 5.20. The van der Waals surface area contributed by atoms with Gasteiger partial charge in [0.05, 0.1) is 5.69 Å². The molecule has 0 atom stereocenters. The van der Waals surface area contributed by atoms with Crippen molar-refractivity contribution in [1.29, 1.82) is 0 Å². The number of nitrogen functional groups attached to an aromatic ring is 1. The Labute approximate surface area is 151 Å². The van der Waals surface area contributed by atoms with Crippen molar-refractivity contribution in [1.82, 2.24) is 14.9 Å². The van der Waals surface area contributed by atoms with Crippen molar-refractivity contribution < 1.29 is 0 Å². The summed E-state index contributed by atoms with van der Waals surface area (Å²) in [4.78, 5) is 13.3. The minimum absolute atomic E-state index is 0.453. The molecule has 1 aliphatic heterocycles. The first-order valence-corrected chi connectivity index (χ1v) is 8.89. The van der Waals surface area contributed by atoms with Crippen LogP contribution in [0, 0.1) is 0 Å². The number of aromatic nitrogens is 2.